The third-order valence-electron chi connectivity index (χ3n) is 5.18. The van der Waals surface area contributed by atoms with Gasteiger partial charge >= 0.3 is 0 Å². The molecule has 0 bridgehead atoms. The van der Waals surface area contributed by atoms with Gasteiger partial charge in [0.05, 0.1) is 31.1 Å². The summed E-state index contributed by atoms with van der Waals surface area (Å²) in [4.78, 5) is 18.9. The molecule has 4 rings (SSSR count). The van der Waals surface area contributed by atoms with Crippen LogP contribution in [0.25, 0.3) is 0 Å². The number of carbonyl (C=O) groups is 1. The molecule has 0 aromatic heterocycles. The van der Waals surface area contributed by atoms with Gasteiger partial charge in [-0.05, 0) is 35.4 Å². The van der Waals surface area contributed by atoms with Crippen molar-refractivity contribution in [2.75, 3.05) is 18.6 Å². The summed E-state index contributed by atoms with van der Waals surface area (Å²) < 4.78 is 29.4. The number of hydrogen-bond acceptors (Lipinski definition) is 5. The Hall–Kier alpha value is -2.03. The highest BCUT2D eigenvalue weighted by Crippen LogP contribution is 2.39. The third-order valence-corrected chi connectivity index (χ3v) is 8.68. The lowest BCUT2D eigenvalue weighted by atomic mass is 10.1. The molecule has 2 heterocycles. The zero-order valence-corrected chi connectivity index (χ0v) is 18.7. The number of halogens is 1. The van der Waals surface area contributed by atoms with E-state index in [0.29, 0.717) is 16.7 Å². The van der Waals surface area contributed by atoms with Crippen LogP contribution in [0.3, 0.4) is 0 Å². The lowest BCUT2D eigenvalue weighted by molar-refractivity contribution is -0.117. The Balaban J connectivity index is 1.54. The molecule has 2 saturated heterocycles. The van der Waals surface area contributed by atoms with Crippen LogP contribution < -0.4 is 4.74 Å². The monoisotopic (exact) mass is 464 g/mol. The second-order valence-electron chi connectivity index (χ2n) is 7.37. The first kappa shape index (κ1) is 21.2. The fourth-order valence-corrected chi connectivity index (χ4v) is 7.77. The molecule has 2 aromatic rings. The summed E-state index contributed by atoms with van der Waals surface area (Å²) >= 11 is 7.36. The van der Waals surface area contributed by atoms with Crippen molar-refractivity contribution in [3.8, 4) is 5.75 Å². The minimum Gasteiger partial charge on any atom is -0.497 e. The SMILES string of the molecule is COc1ccc(CC(=O)N=C2SC3CS(=O)(=O)CC3N2Cc2ccc(Cl)cc2)cc1. The highest BCUT2D eigenvalue weighted by atomic mass is 35.5. The zero-order chi connectivity index (χ0) is 21.3. The predicted molar refractivity (Wildman–Crippen MR) is 120 cm³/mol. The topological polar surface area (TPSA) is 76.0 Å². The van der Waals surface area contributed by atoms with Crippen LogP contribution >= 0.6 is 23.4 Å². The molecule has 0 spiro atoms. The first-order valence-corrected chi connectivity index (χ1v) is 12.5. The first-order chi connectivity index (χ1) is 14.3. The predicted octanol–water partition coefficient (Wildman–Crippen LogP) is 3.19. The number of aliphatic imine (C=N–C) groups is 1. The molecule has 9 heteroatoms. The van der Waals surface area contributed by atoms with E-state index in [1.165, 1.54) is 11.8 Å². The molecule has 2 aliphatic heterocycles. The molecule has 2 aliphatic rings. The van der Waals surface area contributed by atoms with Gasteiger partial charge in [-0.2, -0.15) is 4.99 Å². The summed E-state index contributed by atoms with van der Waals surface area (Å²) in [5.74, 6) is 0.674. The first-order valence-electron chi connectivity index (χ1n) is 9.45. The normalized spacial score (nSPS) is 23.5. The van der Waals surface area contributed by atoms with Gasteiger partial charge in [-0.15, -0.1) is 0 Å². The molecular weight excluding hydrogens is 444 g/mol. The van der Waals surface area contributed by atoms with Gasteiger partial charge in [0.1, 0.15) is 5.75 Å². The molecule has 2 unspecified atom stereocenters. The number of fused-ring (bicyclic) bond motifs is 1. The van der Waals surface area contributed by atoms with E-state index < -0.39 is 9.84 Å². The van der Waals surface area contributed by atoms with Crippen molar-refractivity contribution < 1.29 is 17.9 Å². The number of nitrogens with zero attached hydrogens (tertiary/aromatic N) is 2. The van der Waals surface area contributed by atoms with Gasteiger partial charge in [0.15, 0.2) is 15.0 Å². The quantitative estimate of drug-likeness (QED) is 0.676. The maximum atomic E-state index is 12.6. The number of ether oxygens (including phenoxy) is 1. The summed E-state index contributed by atoms with van der Waals surface area (Å²) in [6.45, 7) is 0.482. The van der Waals surface area contributed by atoms with Gasteiger partial charge in [-0.25, -0.2) is 8.42 Å². The molecule has 2 atom stereocenters. The average Bonchev–Trinajstić information content (AvgIpc) is 3.16. The van der Waals surface area contributed by atoms with E-state index in [9.17, 15) is 13.2 Å². The molecule has 2 fully saturated rings. The number of sulfone groups is 1. The van der Waals surface area contributed by atoms with Crippen LogP contribution in [0.5, 0.6) is 5.75 Å². The van der Waals surface area contributed by atoms with E-state index in [2.05, 4.69) is 4.99 Å². The largest absolute Gasteiger partial charge is 0.497 e. The van der Waals surface area contributed by atoms with Gasteiger partial charge < -0.3 is 9.64 Å². The van der Waals surface area contributed by atoms with Gasteiger partial charge in [0.25, 0.3) is 5.91 Å². The smallest absolute Gasteiger partial charge is 0.252 e. The number of hydrogen-bond donors (Lipinski definition) is 0. The molecule has 1 amide bonds. The molecule has 30 heavy (non-hydrogen) atoms. The molecule has 2 aromatic carbocycles. The highest BCUT2D eigenvalue weighted by molar-refractivity contribution is 8.15. The Morgan fingerprint density at radius 2 is 1.80 bits per heavy atom. The summed E-state index contributed by atoms with van der Waals surface area (Å²) in [6, 6.07) is 14.5. The summed E-state index contributed by atoms with van der Waals surface area (Å²) in [5, 5.41) is 1.13. The van der Waals surface area contributed by atoms with Gasteiger partial charge in [0.2, 0.25) is 0 Å². The Morgan fingerprint density at radius 1 is 1.13 bits per heavy atom. The van der Waals surface area contributed by atoms with Crippen LogP contribution in [0.2, 0.25) is 5.02 Å². The summed E-state index contributed by atoms with van der Waals surface area (Å²) in [6.07, 6.45) is 0.177. The lowest BCUT2D eigenvalue weighted by Crippen LogP contribution is -2.37. The van der Waals surface area contributed by atoms with Crippen molar-refractivity contribution in [3.05, 3.63) is 64.7 Å². The van der Waals surface area contributed by atoms with Crippen molar-refractivity contribution in [2.24, 2.45) is 4.99 Å². The Labute approximate surface area is 185 Å². The number of carbonyl (C=O) groups excluding carboxylic acids is 1. The maximum Gasteiger partial charge on any atom is 0.252 e. The van der Waals surface area contributed by atoms with Crippen LogP contribution in [-0.4, -0.2) is 54.3 Å². The average molecular weight is 465 g/mol. The number of thioether (sulfide) groups is 1. The Kier molecular flexibility index (Phi) is 6.09. The number of amidine groups is 1. The minimum absolute atomic E-state index is 0.0872. The van der Waals surface area contributed by atoms with E-state index >= 15 is 0 Å². The lowest BCUT2D eigenvalue weighted by Gasteiger charge is -2.24. The fraction of sp³-hybridized carbons (Fsp3) is 0.333. The van der Waals surface area contributed by atoms with E-state index in [0.717, 1.165) is 16.9 Å². The van der Waals surface area contributed by atoms with Gasteiger partial charge in [-0.3, -0.25) is 4.79 Å². The van der Waals surface area contributed by atoms with Crippen LogP contribution in [0.15, 0.2) is 53.5 Å². The van der Waals surface area contributed by atoms with Gasteiger partial charge in [0, 0.05) is 16.8 Å². The van der Waals surface area contributed by atoms with E-state index in [-0.39, 0.29) is 35.1 Å². The van der Waals surface area contributed by atoms with Crippen molar-refractivity contribution >= 4 is 44.3 Å². The zero-order valence-electron chi connectivity index (χ0n) is 16.3. The number of methoxy groups -OCH3 is 1. The van der Waals surface area contributed by atoms with E-state index in [1.54, 1.807) is 19.2 Å². The minimum atomic E-state index is -3.08. The van der Waals surface area contributed by atoms with E-state index in [4.69, 9.17) is 16.3 Å². The molecule has 0 radical (unpaired) electrons. The fourth-order valence-electron chi connectivity index (χ4n) is 3.67. The van der Waals surface area contributed by atoms with Crippen LogP contribution in [0, 0.1) is 0 Å². The number of benzene rings is 2. The van der Waals surface area contributed by atoms with Crippen molar-refractivity contribution in [2.45, 2.75) is 24.3 Å². The highest BCUT2D eigenvalue weighted by Gasteiger charge is 2.48. The molecule has 0 N–H and O–H groups in total. The molecule has 158 valence electrons. The number of rotatable bonds is 5. The molecule has 0 saturated carbocycles. The maximum absolute atomic E-state index is 12.6. The van der Waals surface area contributed by atoms with Crippen LogP contribution in [-0.2, 0) is 27.6 Å². The van der Waals surface area contributed by atoms with Crippen molar-refractivity contribution in [1.29, 1.82) is 0 Å². The standard InChI is InChI=1S/C21H21ClN2O4S2/c1-28-17-8-4-14(5-9-17)10-20(25)23-21-24(11-15-2-6-16(22)7-3-15)18-12-30(26,27)13-19(18)29-21/h2-9,18-19H,10-13H2,1H3. The Morgan fingerprint density at radius 3 is 2.47 bits per heavy atom. The van der Waals surface area contributed by atoms with Crippen molar-refractivity contribution in [3.63, 3.8) is 0 Å². The van der Waals surface area contributed by atoms with Crippen LogP contribution in [0.4, 0.5) is 0 Å². The number of amides is 1. The second kappa shape index (κ2) is 8.61. The molecule has 0 aliphatic carbocycles. The van der Waals surface area contributed by atoms with Gasteiger partial charge in [-0.1, -0.05) is 47.6 Å². The third kappa shape index (κ3) is 4.82. The van der Waals surface area contributed by atoms with E-state index in [1.807, 2.05) is 41.3 Å². The second-order valence-corrected chi connectivity index (χ2v) is 11.2. The molecular formula is C21H21ClN2O4S2. The molecule has 6 nitrogen and oxygen atoms in total. The summed E-state index contributed by atoms with van der Waals surface area (Å²) in [7, 11) is -1.49. The summed E-state index contributed by atoms with van der Waals surface area (Å²) in [5.41, 5.74) is 1.83. The van der Waals surface area contributed by atoms with Crippen molar-refractivity contribution in [1.82, 2.24) is 4.90 Å². The Bertz CT molecular complexity index is 1070. The van der Waals surface area contributed by atoms with Crippen LogP contribution in [0.1, 0.15) is 11.1 Å².